The number of nitrogens with one attached hydrogen (secondary N) is 2. The normalized spacial score (nSPS) is 11.0. The Bertz CT molecular complexity index is 760. The summed E-state index contributed by atoms with van der Waals surface area (Å²) in [7, 11) is 0. The minimum Gasteiger partial charge on any atom is -0.508 e. The highest BCUT2D eigenvalue weighted by atomic mass is 19.4. The predicted molar refractivity (Wildman–Crippen MR) is 80.4 cm³/mol. The highest BCUT2D eigenvalue weighted by Crippen LogP contribution is 2.21. The molecular weight excluding hydrogens is 325 g/mol. The smallest absolute Gasteiger partial charge is 0.471 e. The van der Waals surface area contributed by atoms with Crippen molar-refractivity contribution in [1.82, 2.24) is 5.32 Å². The fourth-order valence-electron chi connectivity index (χ4n) is 1.91. The zero-order valence-corrected chi connectivity index (χ0v) is 12.2. The molecule has 2 aromatic rings. The van der Waals surface area contributed by atoms with Crippen molar-refractivity contribution in [2.75, 3.05) is 5.32 Å². The van der Waals surface area contributed by atoms with E-state index in [0.717, 1.165) is 0 Å². The second kappa shape index (κ2) is 7.03. The molecule has 24 heavy (non-hydrogen) atoms. The number of anilines is 1. The van der Waals surface area contributed by atoms with Crippen LogP contribution in [0.1, 0.15) is 15.9 Å². The Balaban J connectivity index is 2.08. The average molecular weight is 338 g/mol. The zero-order chi connectivity index (χ0) is 17.7. The van der Waals surface area contributed by atoms with Gasteiger partial charge in [0.1, 0.15) is 5.75 Å². The maximum absolute atomic E-state index is 12.3. The molecule has 0 aliphatic rings. The van der Waals surface area contributed by atoms with Gasteiger partial charge < -0.3 is 15.7 Å². The van der Waals surface area contributed by atoms with Gasteiger partial charge in [0, 0.05) is 17.8 Å². The minimum atomic E-state index is -5.00. The first kappa shape index (κ1) is 17.3. The van der Waals surface area contributed by atoms with Gasteiger partial charge in [-0.05, 0) is 29.8 Å². The first-order valence-corrected chi connectivity index (χ1v) is 6.80. The molecule has 0 heterocycles. The molecule has 0 spiro atoms. The second-order valence-corrected chi connectivity index (χ2v) is 4.84. The van der Waals surface area contributed by atoms with Crippen molar-refractivity contribution < 1.29 is 27.9 Å². The Hall–Kier alpha value is -3.03. The van der Waals surface area contributed by atoms with Gasteiger partial charge in [0.15, 0.2) is 0 Å². The number of phenolic OH excluding ortho intramolecular Hbond substituents is 1. The Kier molecular flexibility index (Phi) is 5.08. The monoisotopic (exact) mass is 338 g/mol. The van der Waals surface area contributed by atoms with Crippen LogP contribution in [0.15, 0.2) is 48.5 Å². The molecule has 0 fully saturated rings. The summed E-state index contributed by atoms with van der Waals surface area (Å²) in [4.78, 5) is 23.0. The van der Waals surface area contributed by atoms with Crippen LogP contribution in [0.25, 0.3) is 0 Å². The number of aromatic hydroxyl groups is 1. The van der Waals surface area contributed by atoms with E-state index < -0.39 is 18.0 Å². The van der Waals surface area contributed by atoms with E-state index in [1.807, 2.05) is 0 Å². The fraction of sp³-hybridized carbons (Fsp3) is 0.125. The van der Waals surface area contributed by atoms with Gasteiger partial charge in [-0.2, -0.15) is 13.2 Å². The lowest BCUT2D eigenvalue weighted by Gasteiger charge is -2.13. The van der Waals surface area contributed by atoms with Crippen LogP contribution >= 0.6 is 0 Å². The average Bonchev–Trinajstić information content (AvgIpc) is 2.52. The molecule has 0 unspecified atom stereocenters. The van der Waals surface area contributed by atoms with E-state index in [4.69, 9.17) is 0 Å². The lowest BCUT2D eigenvalue weighted by molar-refractivity contribution is -0.167. The third kappa shape index (κ3) is 4.48. The van der Waals surface area contributed by atoms with Crippen LogP contribution in [0.3, 0.4) is 0 Å². The number of benzene rings is 2. The summed E-state index contributed by atoms with van der Waals surface area (Å²) in [5.74, 6) is -2.68. The number of rotatable bonds is 4. The van der Waals surface area contributed by atoms with E-state index in [1.165, 1.54) is 42.5 Å². The number of alkyl halides is 3. The van der Waals surface area contributed by atoms with Crippen molar-refractivity contribution >= 4 is 17.5 Å². The van der Waals surface area contributed by atoms with Crippen LogP contribution in [0, 0.1) is 0 Å². The van der Waals surface area contributed by atoms with Gasteiger partial charge in [0.05, 0.1) is 0 Å². The number of para-hydroxylation sites is 1. The molecule has 0 radical (unpaired) electrons. The van der Waals surface area contributed by atoms with Gasteiger partial charge in [-0.25, -0.2) is 0 Å². The number of carbonyl (C=O) groups is 2. The molecule has 0 aromatic heterocycles. The van der Waals surface area contributed by atoms with Crippen molar-refractivity contribution in [3.8, 4) is 5.75 Å². The molecule has 0 saturated heterocycles. The molecule has 2 amide bonds. The van der Waals surface area contributed by atoms with Gasteiger partial charge in [-0.15, -0.1) is 0 Å². The maximum Gasteiger partial charge on any atom is 0.471 e. The summed E-state index contributed by atoms with van der Waals surface area (Å²) in [5, 5.41) is 13.6. The molecule has 0 bridgehead atoms. The summed E-state index contributed by atoms with van der Waals surface area (Å²) in [6, 6.07) is 11.4. The van der Waals surface area contributed by atoms with Gasteiger partial charge >= 0.3 is 12.1 Å². The van der Waals surface area contributed by atoms with Crippen molar-refractivity contribution in [1.29, 1.82) is 0 Å². The number of carbonyl (C=O) groups excluding carboxylic acids is 2. The van der Waals surface area contributed by atoms with E-state index in [-0.39, 0.29) is 23.5 Å². The number of halogens is 3. The number of phenols is 1. The predicted octanol–water partition coefficient (Wildman–Crippen LogP) is 2.82. The summed E-state index contributed by atoms with van der Waals surface area (Å²) in [6.45, 7) is -0.0944. The molecule has 0 aliphatic carbocycles. The highest BCUT2D eigenvalue weighted by Gasteiger charge is 2.38. The van der Waals surface area contributed by atoms with E-state index in [1.54, 1.807) is 11.4 Å². The van der Waals surface area contributed by atoms with Crippen LogP contribution in [0.4, 0.5) is 18.9 Å². The van der Waals surface area contributed by atoms with Crippen LogP contribution in [0.5, 0.6) is 5.75 Å². The standard InChI is InChI=1S/C16H13F3N2O3/c17-16(18,19)15(24)21-13-7-2-1-4-11(13)9-20-14(23)10-5-3-6-12(22)8-10/h1-8,22H,9H2,(H,20,23)(H,21,24). The summed E-state index contributed by atoms with van der Waals surface area (Å²) in [6.07, 6.45) is -5.00. The van der Waals surface area contributed by atoms with Gasteiger partial charge in [-0.1, -0.05) is 24.3 Å². The van der Waals surface area contributed by atoms with Crippen LogP contribution in [-0.2, 0) is 11.3 Å². The third-order valence-electron chi connectivity index (χ3n) is 3.07. The quantitative estimate of drug-likeness (QED) is 0.802. The molecule has 126 valence electrons. The summed E-state index contributed by atoms with van der Waals surface area (Å²) < 4.78 is 37.0. The summed E-state index contributed by atoms with van der Waals surface area (Å²) >= 11 is 0. The van der Waals surface area contributed by atoms with Crippen molar-refractivity contribution in [2.24, 2.45) is 0 Å². The van der Waals surface area contributed by atoms with E-state index in [0.29, 0.717) is 5.56 Å². The third-order valence-corrected chi connectivity index (χ3v) is 3.07. The lowest BCUT2D eigenvalue weighted by Crippen LogP contribution is -2.31. The highest BCUT2D eigenvalue weighted by molar-refractivity contribution is 5.96. The molecule has 3 N–H and O–H groups in total. The molecule has 0 atom stereocenters. The fourth-order valence-corrected chi connectivity index (χ4v) is 1.91. The van der Waals surface area contributed by atoms with Gasteiger partial charge in [0.2, 0.25) is 0 Å². The zero-order valence-electron chi connectivity index (χ0n) is 12.2. The SMILES string of the molecule is O=C(NCc1ccccc1NC(=O)C(F)(F)F)c1cccc(O)c1. The van der Waals surface area contributed by atoms with Crippen molar-refractivity contribution in [3.05, 3.63) is 59.7 Å². The molecular formula is C16H13F3N2O3. The largest absolute Gasteiger partial charge is 0.508 e. The van der Waals surface area contributed by atoms with Gasteiger partial charge in [0.25, 0.3) is 5.91 Å². The number of hydrogen-bond donors (Lipinski definition) is 3. The molecule has 2 rings (SSSR count). The Morgan fingerprint density at radius 3 is 2.42 bits per heavy atom. The number of amides is 2. The first-order chi connectivity index (χ1) is 11.3. The Morgan fingerprint density at radius 2 is 1.75 bits per heavy atom. The Morgan fingerprint density at radius 1 is 1.04 bits per heavy atom. The molecule has 0 saturated carbocycles. The van der Waals surface area contributed by atoms with Crippen molar-refractivity contribution in [3.63, 3.8) is 0 Å². The van der Waals surface area contributed by atoms with E-state index in [2.05, 4.69) is 5.32 Å². The van der Waals surface area contributed by atoms with Crippen molar-refractivity contribution in [2.45, 2.75) is 12.7 Å². The van der Waals surface area contributed by atoms with E-state index >= 15 is 0 Å². The lowest BCUT2D eigenvalue weighted by atomic mass is 10.1. The first-order valence-electron chi connectivity index (χ1n) is 6.80. The van der Waals surface area contributed by atoms with Crippen LogP contribution < -0.4 is 10.6 Å². The minimum absolute atomic E-state index is 0.0453. The van der Waals surface area contributed by atoms with Gasteiger partial charge in [-0.3, -0.25) is 9.59 Å². The van der Waals surface area contributed by atoms with Crippen LogP contribution in [-0.4, -0.2) is 23.1 Å². The molecule has 2 aromatic carbocycles. The topological polar surface area (TPSA) is 78.4 Å². The molecule has 0 aliphatic heterocycles. The van der Waals surface area contributed by atoms with E-state index in [9.17, 15) is 27.9 Å². The Labute approximate surface area is 135 Å². The second-order valence-electron chi connectivity index (χ2n) is 4.84. The molecule has 5 nitrogen and oxygen atoms in total. The maximum atomic E-state index is 12.3. The molecule has 8 heteroatoms. The van der Waals surface area contributed by atoms with Crippen LogP contribution in [0.2, 0.25) is 0 Å². The summed E-state index contributed by atoms with van der Waals surface area (Å²) in [5.41, 5.74) is 0.464. The number of hydrogen-bond acceptors (Lipinski definition) is 3.